The van der Waals surface area contributed by atoms with Crippen molar-refractivity contribution in [1.29, 1.82) is 0 Å². The van der Waals surface area contributed by atoms with Gasteiger partial charge in [-0.2, -0.15) is 0 Å². The van der Waals surface area contributed by atoms with E-state index in [1.54, 1.807) is 12.1 Å². The molecule has 0 saturated heterocycles. The number of aryl methyl sites for hydroxylation is 2. The summed E-state index contributed by atoms with van der Waals surface area (Å²) in [5.41, 5.74) is 4.83. The fourth-order valence-corrected chi connectivity index (χ4v) is 5.14. The minimum Gasteiger partial charge on any atom is -0.478 e. The van der Waals surface area contributed by atoms with Crippen molar-refractivity contribution in [3.63, 3.8) is 0 Å². The molecule has 188 valence electrons. The summed E-state index contributed by atoms with van der Waals surface area (Å²) in [6, 6.07) is 12.4. The Morgan fingerprint density at radius 1 is 1.06 bits per heavy atom. The number of pyridine rings is 1. The highest BCUT2D eigenvalue weighted by molar-refractivity contribution is 6.15. The van der Waals surface area contributed by atoms with Crippen molar-refractivity contribution >= 4 is 28.5 Å². The number of hydrogen-bond acceptors (Lipinski definition) is 5. The lowest BCUT2D eigenvalue weighted by molar-refractivity contribution is -0.133. The van der Waals surface area contributed by atoms with E-state index >= 15 is 0 Å². The van der Waals surface area contributed by atoms with Crippen LogP contribution in [0.4, 0.5) is 0 Å². The SMILES string of the molecule is CCc1cc2c(cc1CC)CC(NC[C@H](O)c1cccc3c1ccc(=O)n3C(=CC(=O)O)C(=O)O)C2. The third kappa shape index (κ3) is 4.96. The third-order valence-electron chi connectivity index (χ3n) is 6.87. The van der Waals surface area contributed by atoms with Gasteiger partial charge in [0.05, 0.1) is 17.7 Å². The van der Waals surface area contributed by atoms with Crippen molar-refractivity contribution < 1.29 is 24.9 Å². The summed E-state index contributed by atoms with van der Waals surface area (Å²) in [5, 5.41) is 33.6. The normalized spacial score (nSPS) is 14.7. The number of aliphatic carboxylic acids is 2. The van der Waals surface area contributed by atoms with Crippen molar-refractivity contribution in [3.8, 4) is 0 Å². The average molecular weight is 491 g/mol. The van der Waals surface area contributed by atoms with Gasteiger partial charge in [0.1, 0.15) is 5.70 Å². The van der Waals surface area contributed by atoms with E-state index in [2.05, 4.69) is 31.3 Å². The van der Waals surface area contributed by atoms with Crippen molar-refractivity contribution in [2.24, 2.45) is 0 Å². The molecule has 0 fully saturated rings. The number of rotatable bonds is 9. The Bertz CT molecular complexity index is 1390. The molecule has 0 unspecified atom stereocenters. The number of carbonyl (C=O) groups is 2. The lowest BCUT2D eigenvalue weighted by Crippen LogP contribution is -2.33. The minimum atomic E-state index is -1.54. The van der Waals surface area contributed by atoms with Crippen LogP contribution in [0.15, 0.2) is 53.3 Å². The maximum atomic E-state index is 12.5. The molecule has 0 saturated carbocycles. The monoisotopic (exact) mass is 490 g/mol. The molecule has 3 aromatic rings. The van der Waals surface area contributed by atoms with Crippen LogP contribution in [0.1, 0.15) is 47.8 Å². The Labute approximate surface area is 208 Å². The summed E-state index contributed by atoms with van der Waals surface area (Å²) < 4.78 is 0.847. The van der Waals surface area contributed by atoms with Crippen LogP contribution in [-0.2, 0) is 35.3 Å². The fraction of sp³-hybridized carbons (Fsp3) is 0.321. The summed E-state index contributed by atoms with van der Waals surface area (Å²) in [6.45, 7) is 4.61. The van der Waals surface area contributed by atoms with Gasteiger partial charge >= 0.3 is 11.9 Å². The van der Waals surface area contributed by atoms with E-state index in [9.17, 15) is 24.6 Å². The van der Waals surface area contributed by atoms with Gasteiger partial charge in [0.25, 0.3) is 5.56 Å². The molecule has 0 spiro atoms. The number of carboxylic acids is 2. The first-order valence-corrected chi connectivity index (χ1v) is 12.1. The first-order valence-electron chi connectivity index (χ1n) is 12.1. The first kappa shape index (κ1) is 25.3. The molecule has 8 heteroatoms. The number of benzene rings is 2. The van der Waals surface area contributed by atoms with E-state index in [-0.39, 0.29) is 18.1 Å². The number of aromatic nitrogens is 1. The quantitative estimate of drug-likeness (QED) is 0.340. The summed E-state index contributed by atoms with van der Waals surface area (Å²) in [6.07, 6.45) is 3.35. The number of nitrogens with zero attached hydrogens (tertiary/aromatic N) is 1. The predicted molar refractivity (Wildman–Crippen MR) is 137 cm³/mol. The zero-order chi connectivity index (χ0) is 26.0. The molecule has 2 aromatic carbocycles. The van der Waals surface area contributed by atoms with Gasteiger partial charge in [-0.3, -0.25) is 9.36 Å². The maximum Gasteiger partial charge on any atom is 0.353 e. The van der Waals surface area contributed by atoms with Crippen LogP contribution in [0.5, 0.6) is 0 Å². The Morgan fingerprint density at radius 3 is 2.25 bits per heavy atom. The molecule has 1 atom stereocenters. The van der Waals surface area contributed by atoms with Gasteiger partial charge in [0.2, 0.25) is 0 Å². The highest BCUT2D eigenvalue weighted by Gasteiger charge is 2.24. The van der Waals surface area contributed by atoms with Crippen LogP contribution in [0.2, 0.25) is 0 Å². The number of nitrogens with one attached hydrogen (secondary N) is 1. The van der Waals surface area contributed by atoms with Crippen molar-refractivity contribution in [2.45, 2.75) is 51.7 Å². The number of aliphatic hydroxyl groups excluding tert-OH is 1. The predicted octanol–water partition coefficient (Wildman–Crippen LogP) is 2.93. The molecule has 1 aliphatic carbocycles. The number of carboxylic acid groups (broad SMARTS) is 2. The molecule has 36 heavy (non-hydrogen) atoms. The van der Waals surface area contributed by atoms with Crippen molar-refractivity contribution in [2.75, 3.05) is 6.54 Å². The molecular weight excluding hydrogens is 460 g/mol. The van der Waals surface area contributed by atoms with Gasteiger partial charge in [-0.05, 0) is 65.6 Å². The smallest absolute Gasteiger partial charge is 0.353 e. The molecule has 8 nitrogen and oxygen atoms in total. The van der Waals surface area contributed by atoms with E-state index < -0.39 is 29.3 Å². The molecular formula is C28H30N2O6. The zero-order valence-corrected chi connectivity index (χ0v) is 20.3. The van der Waals surface area contributed by atoms with E-state index in [0.29, 0.717) is 17.0 Å². The highest BCUT2D eigenvalue weighted by Crippen LogP contribution is 2.28. The lowest BCUT2D eigenvalue weighted by Gasteiger charge is -2.19. The second-order valence-corrected chi connectivity index (χ2v) is 9.09. The Kier molecular flexibility index (Phi) is 7.37. The molecule has 0 bridgehead atoms. The summed E-state index contributed by atoms with van der Waals surface area (Å²) in [4.78, 5) is 35.4. The molecule has 1 aromatic heterocycles. The lowest BCUT2D eigenvalue weighted by atomic mass is 9.97. The zero-order valence-electron chi connectivity index (χ0n) is 20.3. The van der Waals surface area contributed by atoms with Crippen LogP contribution in [-0.4, -0.2) is 44.4 Å². The highest BCUT2D eigenvalue weighted by atomic mass is 16.4. The summed E-state index contributed by atoms with van der Waals surface area (Å²) in [5.74, 6) is -3.02. The summed E-state index contributed by atoms with van der Waals surface area (Å²) in [7, 11) is 0. The molecule has 0 radical (unpaired) electrons. The molecule has 4 rings (SSSR count). The average Bonchev–Trinajstić information content (AvgIpc) is 3.26. The van der Waals surface area contributed by atoms with Gasteiger partial charge in [0, 0.05) is 24.0 Å². The summed E-state index contributed by atoms with van der Waals surface area (Å²) >= 11 is 0. The van der Waals surface area contributed by atoms with Gasteiger partial charge in [-0.1, -0.05) is 38.1 Å². The molecule has 0 aliphatic heterocycles. The largest absolute Gasteiger partial charge is 0.478 e. The second kappa shape index (κ2) is 10.5. The topological polar surface area (TPSA) is 129 Å². The van der Waals surface area contributed by atoms with E-state index in [0.717, 1.165) is 30.3 Å². The number of fused-ring (bicyclic) bond motifs is 2. The van der Waals surface area contributed by atoms with Crippen molar-refractivity contribution in [1.82, 2.24) is 9.88 Å². The molecule has 0 amide bonds. The van der Waals surface area contributed by atoms with Gasteiger partial charge in [0.15, 0.2) is 0 Å². The van der Waals surface area contributed by atoms with Crippen LogP contribution >= 0.6 is 0 Å². The Morgan fingerprint density at radius 2 is 1.69 bits per heavy atom. The van der Waals surface area contributed by atoms with E-state index in [4.69, 9.17) is 5.11 Å². The Balaban J connectivity index is 1.58. The van der Waals surface area contributed by atoms with Gasteiger partial charge in [-0.25, -0.2) is 9.59 Å². The fourth-order valence-electron chi connectivity index (χ4n) is 5.14. The van der Waals surface area contributed by atoms with Crippen LogP contribution < -0.4 is 10.9 Å². The Hall–Kier alpha value is -3.75. The van der Waals surface area contributed by atoms with Gasteiger partial charge in [-0.15, -0.1) is 0 Å². The van der Waals surface area contributed by atoms with Crippen LogP contribution in [0, 0.1) is 0 Å². The van der Waals surface area contributed by atoms with Gasteiger partial charge < -0.3 is 20.6 Å². The number of hydrogen-bond donors (Lipinski definition) is 4. The number of aliphatic hydroxyl groups is 1. The standard InChI is InChI=1S/C28H30N2O6/c1-3-16-10-18-12-20(13-19(18)11-17(16)4-2)29-15-25(31)22-6-5-7-23-21(22)8-9-26(32)30(23)24(28(35)36)14-27(33)34/h5-11,14,20,25,29,31H,3-4,12-13,15H2,1-2H3,(H,33,34)(H,35,36)/t25-/m0/s1. The molecule has 1 aliphatic rings. The van der Waals surface area contributed by atoms with Crippen LogP contribution in [0.3, 0.4) is 0 Å². The van der Waals surface area contributed by atoms with E-state index in [1.807, 2.05) is 0 Å². The molecule has 1 heterocycles. The van der Waals surface area contributed by atoms with Crippen LogP contribution in [0.25, 0.3) is 16.6 Å². The minimum absolute atomic E-state index is 0.191. The third-order valence-corrected chi connectivity index (χ3v) is 6.87. The second-order valence-electron chi connectivity index (χ2n) is 9.09. The maximum absolute atomic E-state index is 12.5. The van der Waals surface area contributed by atoms with E-state index in [1.165, 1.54) is 40.5 Å². The molecule has 4 N–H and O–H groups in total. The van der Waals surface area contributed by atoms with Crippen molar-refractivity contribution in [3.05, 3.63) is 86.7 Å². The first-order chi connectivity index (χ1) is 17.2.